The van der Waals surface area contributed by atoms with Gasteiger partial charge in [-0.25, -0.2) is 0 Å². The van der Waals surface area contributed by atoms with Gasteiger partial charge in [0.05, 0.1) is 17.6 Å². The van der Waals surface area contributed by atoms with Gasteiger partial charge in [0.25, 0.3) is 5.69 Å². The molecule has 0 aliphatic heterocycles. The number of carbonyl (C=O) groups excluding carboxylic acids is 2. The summed E-state index contributed by atoms with van der Waals surface area (Å²) >= 11 is 0. The SMILES string of the molecule is CC(=O)CCCCCC(=O)NCCCOc1cccc([N+](=O)[O-])c1. The topological polar surface area (TPSA) is 98.5 Å². The van der Waals surface area contributed by atoms with E-state index in [4.69, 9.17) is 4.74 Å². The Morgan fingerprint density at radius 2 is 1.92 bits per heavy atom. The van der Waals surface area contributed by atoms with Crippen LogP contribution >= 0.6 is 0 Å². The lowest BCUT2D eigenvalue weighted by atomic mass is 10.1. The lowest BCUT2D eigenvalue weighted by Crippen LogP contribution is -2.25. The molecule has 0 atom stereocenters. The molecule has 1 aromatic rings. The summed E-state index contributed by atoms with van der Waals surface area (Å²) in [5, 5.41) is 13.5. The van der Waals surface area contributed by atoms with Crippen molar-refractivity contribution >= 4 is 17.4 Å². The van der Waals surface area contributed by atoms with Crippen LogP contribution in [-0.2, 0) is 9.59 Å². The number of hydrogen-bond donors (Lipinski definition) is 1. The standard InChI is InChI=1S/C17H24N2O5/c1-14(20)7-3-2-4-10-17(21)18-11-6-12-24-16-9-5-8-15(13-16)19(22)23/h5,8-9,13H,2-4,6-7,10-12H2,1H3,(H,18,21). The smallest absolute Gasteiger partial charge is 0.273 e. The quantitative estimate of drug-likeness (QED) is 0.359. The molecule has 132 valence electrons. The van der Waals surface area contributed by atoms with Gasteiger partial charge in [0, 0.05) is 25.5 Å². The second kappa shape index (κ2) is 11.2. The molecule has 0 saturated heterocycles. The van der Waals surface area contributed by atoms with E-state index in [1.54, 1.807) is 19.1 Å². The van der Waals surface area contributed by atoms with Crippen molar-refractivity contribution in [2.24, 2.45) is 0 Å². The molecule has 1 rings (SSSR count). The Balaban J connectivity index is 2.07. The lowest BCUT2D eigenvalue weighted by Gasteiger charge is -2.07. The largest absolute Gasteiger partial charge is 0.493 e. The first-order chi connectivity index (χ1) is 11.5. The van der Waals surface area contributed by atoms with Gasteiger partial charge in [-0.1, -0.05) is 12.5 Å². The van der Waals surface area contributed by atoms with Gasteiger partial charge in [0.1, 0.15) is 11.5 Å². The van der Waals surface area contributed by atoms with E-state index in [1.165, 1.54) is 12.1 Å². The summed E-state index contributed by atoms with van der Waals surface area (Å²) in [5.74, 6) is 0.623. The summed E-state index contributed by atoms with van der Waals surface area (Å²) < 4.78 is 5.43. The number of non-ortho nitro benzene ring substituents is 1. The predicted octanol–water partition coefficient (Wildman–Crippen LogP) is 3.02. The number of hydrogen-bond acceptors (Lipinski definition) is 5. The van der Waals surface area contributed by atoms with Crippen LogP contribution in [0.3, 0.4) is 0 Å². The molecular weight excluding hydrogens is 312 g/mol. The average molecular weight is 336 g/mol. The van der Waals surface area contributed by atoms with Crippen molar-refractivity contribution in [1.29, 1.82) is 0 Å². The highest BCUT2D eigenvalue weighted by Crippen LogP contribution is 2.18. The molecule has 0 spiro atoms. The molecule has 0 unspecified atom stereocenters. The fourth-order valence-electron chi connectivity index (χ4n) is 2.10. The number of nitrogens with zero attached hydrogens (tertiary/aromatic N) is 1. The van der Waals surface area contributed by atoms with Crippen molar-refractivity contribution in [2.45, 2.75) is 45.4 Å². The van der Waals surface area contributed by atoms with Crippen molar-refractivity contribution in [3.63, 3.8) is 0 Å². The van der Waals surface area contributed by atoms with Crippen LogP contribution in [0.4, 0.5) is 5.69 Å². The molecule has 0 heterocycles. The molecule has 0 bridgehead atoms. The zero-order chi connectivity index (χ0) is 17.8. The zero-order valence-electron chi connectivity index (χ0n) is 14.0. The molecule has 1 amide bonds. The summed E-state index contributed by atoms with van der Waals surface area (Å²) in [6.07, 6.45) is 4.16. The van der Waals surface area contributed by atoms with Crippen LogP contribution in [0, 0.1) is 10.1 Å². The van der Waals surface area contributed by atoms with Gasteiger partial charge in [-0.05, 0) is 32.3 Å². The van der Waals surface area contributed by atoms with Crippen molar-refractivity contribution in [1.82, 2.24) is 5.32 Å². The van der Waals surface area contributed by atoms with Gasteiger partial charge in [0.15, 0.2) is 0 Å². The number of amides is 1. The first-order valence-electron chi connectivity index (χ1n) is 8.12. The number of ether oxygens (including phenoxy) is 1. The van der Waals surface area contributed by atoms with Crippen molar-refractivity contribution in [2.75, 3.05) is 13.2 Å². The van der Waals surface area contributed by atoms with Gasteiger partial charge in [-0.15, -0.1) is 0 Å². The number of rotatable bonds is 12. The van der Waals surface area contributed by atoms with Crippen molar-refractivity contribution in [3.05, 3.63) is 34.4 Å². The van der Waals surface area contributed by atoms with Gasteiger partial charge in [-0.3, -0.25) is 14.9 Å². The van der Waals surface area contributed by atoms with Crippen LogP contribution < -0.4 is 10.1 Å². The molecule has 1 N–H and O–H groups in total. The summed E-state index contributed by atoms with van der Waals surface area (Å²) in [4.78, 5) is 32.6. The van der Waals surface area contributed by atoms with Crippen LogP contribution in [0.2, 0.25) is 0 Å². The highest BCUT2D eigenvalue weighted by Gasteiger charge is 2.06. The van der Waals surface area contributed by atoms with E-state index in [1.807, 2.05) is 0 Å². The number of nitrogens with one attached hydrogen (secondary N) is 1. The third-order valence-electron chi connectivity index (χ3n) is 3.37. The molecule has 7 heteroatoms. The number of ketones is 1. The number of carbonyl (C=O) groups is 2. The lowest BCUT2D eigenvalue weighted by molar-refractivity contribution is -0.384. The molecular formula is C17H24N2O5. The van der Waals surface area contributed by atoms with E-state index in [-0.39, 0.29) is 17.4 Å². The summed E-state index contributed by atoms with van der Waals surface area (Å²) in [6, 6.07) is 6.01. The maximum atomic E-state index is 11.6. The zero-order valence-corrected chi connectivity index (χ0v) is 14.0. The second-order valence-corrected chi connectivity index (χ2v) is 5.57. The summed E-state index contributed by atoms with van der Waals surface area (Å²) in [7, 11) is 0. The molecule has 0 aliphatic rings. The fraction of sp³-hybridized carbons (Fsp3) is 0.529. The summed E-state index contributed by atoms with van der Waals surface area (Å²) in [6.45, 7) is 2.45. The maximum absolute atomic E-state index is 11.6. The van der Waals surface area contributed by atoms with Crippen LogP contribution in [0.5, 0.6) is 5.75 Å². The molecule has 0 aliphatic carbocycles. The number of benzene rings is 1. The van der Waals surface area contributed by atoms with Crippen LogP contribution in [0.25, 0.3) is 0 Å². The molecule has 0 fully saturated rings. The van der Waals surface area contributed by atoms with Gasteiger partial charge in [-0.2, -0.15) is 0 Å². The molecule has 7 nitrogen and oxygen atoms in total. The second-order valence-electron chi connectivity index (χ2n) is 5.57. The highest BCUT2D eigenvalue weighted by atomic mass is 16.6. The predicted molar refractivity (Wildman–Crippen MR) is 90.0 cm³/mol. The highest BCUT2D eigenvalue weighted by molar-refractivity contribution is 5.76. The van der Waals surface area contributed by atoms with E-state index < -0.39 is 4.92 Å². The first kappa shape index (κ1) is 19.6. The monoisotopic (exact) mass is 336 g/mol. The number of nitro benzene ring substituents is 1. The minimum Gasteiger partial charge on any atom is -0.493 e. The number of nitro groups is 1. The minimum atomic E-state index is -0.469. The maximum Gasteiger partial charge on any atom is 0.273 e. The Bertz CT molecular complexity index is 560. The van der Waals surface area contributed by atoms with Gasteiger partial charge in [0.2, 0.25) is 5.91 Å². The van der Waals surface area contributed by atoms with E-state index >= 15 is 0 Å². The van der Waals surface area contributed by atoms with E-state index in [0.717, 1.165) is 19.3 Å². The van der Waals surface area contributed by atoms with E-state index in [9.17, 15) is 19.7 Å². The Kier molecular flexibility index (Phi) is 9.11. The summed E-state index contributed by atoms with van der Waals surface area (Å²) in [5.41, 5.74) is -0.00873. The third kappa shape index (κ3) is 8.87. The molecule has 0 radical (unpaired) electrons. The molecule has 1 aromatic carbocycles. The average Bonchev–Trinajstić information content (AvgIpc) is 2.54. The van der Waals surface area contributed by atoms with E-state index in [0.29, 0.717) is 38.2 Å². The molecule has 0 aromatic heterocycles. The third-order valence-corrected chi connectivity index (χ3v) is 3.37. The molecule has 24 heavy (non-hydrogen) atoms. The van der Waals surface area contributed by atoms with Crippen LogP contribution in [0.15, 0.2) is 24.3 Å². The minimum absolute atomic E-state index is 0.00632. The normalized spacial score (nSPS) is 10.2. The number of Topliss-reactive ketones (excluding diaryl/α,β-unsaturated/α-hetero) is 1. The van der Waals surface area contributed by atoms with Crippen LogP contribution in [-0.4, -0.2) is 29.8 Å². The van der Waals surface area contributed by atoms with Gasteiger partial charge < -0.3 is 14.8 Å². The Morgan fingerprint density at radius 1 is 1.17 bits per heavy atom. The Morgan fingerprint density at radius 3 is 2.62 bits per heavy atom. The van der Waals surface area contributed by atoms with Crippen molar-refractivity contribution in [3.8, 4) is 5.75 Å². The fourth-order valence-corrected chi connectivity index (χ4v) is 2.10. The Hall–Kier alpha value is -2.44. The Labute approximate surface area is 141 Å². The van der Waals surface area contributed by atoms with Crippen LogP contribution in [0.1, 0.15) is 45.4 Å². The van der Waals surface area contributed by atoms with Gasteiger partial charge >= 0.3 is 0 Å². The molecule has 0 saturated carbocycles. The number of unbranched alkanes of at least 4 members (excludes halogenated alkanes) is 2. The first-order valence-corrected chi connectivity index (χ1v) is 8.12. The van der Waals surface area contributed by atoms with Crippen molar-refractivity contribution < 1.29 is 19.2 Å². The van der Waals surface area contributed by atoms with E-state index in [2.05, 4.69) is 5.32 Å².